The van der Waals surface area contributed by atoms with Crippen molar-refractivity contribution in [2.45, 2.75) is 45.3 Å². The minimum atomic E-state index is -0.464. The summed E-state index contributed by atoms with van der Waals surface area (Å²) >= 11 is 0. The molecule has 23 heavy (non-hydrogen) atoms. The average molecular weight is 318 g/mol. The van der Waals surface area contributed by atoms with Gasteiger partial charge in [0.05, 0.1) is 5.69 Å². The Morgan fingerprint density at radius 1 is 1.35 bits per heavy atom. The summed E-state index contributed by atoms with van der Waals surface area (Å²) in [5.74, 6) is 1.44. The van der Waals surface area contributed by atoms with E-state index in [1.54, 1.807) is 6.20 Å². The van der Waals surface area contributed by atoms with Crippen LogP contribution < -0.4 is 16.0 Å². The van der Waals surface area contributed by atoms with Gasteiger partial charge in [-0.3, -0.25) is 0 Å². The maximum atomic E-state index is 12.1. The van der Waals surface area contributed by atoms with Gasteiger partial charge < -0.3 is 20.7 Å². The SMILES string of the molecule is CC(C)(C)OC(=O)N[C@@H]1[C@@H]2CC[C@H]1CN(c1cccnc1N)C2. The molecule has 0 unspecified atom stereocenters. The zero-order valence-electron chi connectivity index (χ0n) is 14.1. The monoisotopic (exact) mass is 318 g/mol. The highest BCUT2D eigenvalue weighted by atomic mass is 16.6. The molecule has 2 bridgehead atoms. The summed E-state index contributed by atoms with van der Waals surface area (Å²) in [6, 6.07) is 4.13. The number of carbonyl (C=O) groups excluding carboxylic acids is 1. The topological polar surface area (TPSA) is 80.5 Å². The number of pyridine rings is 1. The zero-order valence-corrected chi connectivity index (χ0v) is 14.1. The number of nitrogens with zero attached hydrogens (tertiary/aromatic N) is 2. The van der Waals surface area contributed by atoms with Gasteiger partial charge in [0.2, 0.25) is 0 Å². The number of hydrogen-bond donors (Lipinski definition) is 2. The molecule has 6 heteroatoms. The normalized spacial score (nSPS) is 26.9. The first-order valence-electron chi connectivity index (χ1n) is 8.28. The lowest BCUT2D eigenvalue weighted by Gasteiger charge is -2.39. The molecule has 1 aromatic rings. The van der Waals surface area contributed by atoms with E-state index in [4.69, 9.17) is 10.5 Å². The standard InChI is InChI=1S/C17H26N4O2/c1-17(2,3)23-16(22)20-14-11-6-7-12(14)10-21(9-11)13-5-4-8-19-15(13)18/h4-5,8,11-12,14H,6-7,9-10H2,1-3H3,(H2,18,19)(H,20,22)/t11-,12+,14-. The van der Waals surface area contributed by atoms with E-state index in [-0.39, 0.29) is 12.1 Å². The van der Waals surface area contributed by atoms with Crippen molar-refractivity contribution in [2.24, 2.45) is 11.8 Å². The number of rotatable bonds is 2. The smallest absolute Gasteiger partial charge is 0.407 e. The lowest BCUT2D eigenvalue weighted by molar-refractivity contribution is 0.0472. The molecule has 1 saturated carbocycles. The van der Waals surface area contributed by atoms with Crippen molar-refractivity contribution in [1.29, 1.82) is 0 Å². The molecule has 2 heterocycles. The van der Waals surface area contributed by atoms with Crippen LogP contribution in [-0.4, -0.2) is 35.8 Å². The predicted octanol–water partition coefficient (Wildman–Crippen LogP) is 2.40. The van der Waals surface area contributed by atoms with Crippen LogP contribution in [0.3, 0.4) is 0 Å². The van der Waals surface area contributed by atoms with E-state index in [1.807, 2.05) is 32.9 Å². The first kappa shape index (κ1) is 15.9. The van der Waals surface area contributed by atoms with Crippen LogP contribution in [0.4, 0.5) is 16.3 Å². The summed E-state index contributed by atoms with van der Waals surface area (Å²) in [4.78, 5) is 18.6. The maximum absolute atomic E-state index is 12.1. The van der Waals surface area contributed by atoms with E-state index in [2.05, 4.69) is 15.2 Å². The fourth-order valence-electron chi connectivity index (χ4n) is 3.78. The molecule has 2 aliphatic rings. The lowest BCUT2D eigenvalue weighted by atomic mass is 9.92. The Hall–Kier alpha value is -1.98. The van der Waals surface area contributed by atoms with Crippen molar-refractivity contribution in [1.82, 2.24) is 10.3 Å². The van der Waals surface area contributed by atoms with Gasteiger partial charge >= 0.3 is 6.09 Å². The molecule has 3 rings (SSSR count). The van der Waals surface area contributed by atoms with Crippen LogP contribution in [0.1, 0.15) is 33.6 Å². The van der Waals surface area contributed by atoms with Crippen LogP contribution in [-0.2, 0) is 4.74 Å². The molecule has 2 fully saturated rings. The van der Waals surface area contributed by atoms with Crippen LogP contribution in [0.25, 0.3) is 0 Å². The molecule has 3 atom stereocenters. The maximum Gasteiger partial charge on any atom is 0.407 e. The molecular formula is C17H26N4O2. The number of nitrogens with one attached hydrogen (secondary N) is 1. The summed E-state index contributed by atoms with van der Waals surface area (Å²) in [6.07, 6.45) is 3.65. The molecule has 1 aliphatic carbocycles. The van der Waals surface area contributed by atoms with Crippen LogP contribution >= 0.6 is 0 Å². The van der Waals surface area contributed by atoms with Crippen molar-refractivity contribution in [3.8, 4) is 0 Å². The van der Waals surface area contributed by atoms with E-state index in [1.165, 1.54) is 0 Å². The number of nitrogen functional groups attached to an aromatic ring is 1. The zero-order chi connectivity index (χ0) is 16.6. The van der Waals surface area contributed by atoms with E-state index < -0.39 is 5.60 Å². The molecule has 1 saturated heterocycles. The van der Waals surface area contributed by atoms with Crippen LogP contribution in [0.2, 0.25) is 0 Å². The van der Waals surface area contributed by atoms with Gasteiger partial charge in [-0.05, 0) is 57.6 Å². The van der Waals surface area contributed by atoms with Crippen molar-refractivity contribution in [3.63, 3.8) is 0 Å². The molecule has 126 valence electrons. The molecule has 6 nitrogen and oxygen atoms in total. The van der Waals surface area contributed by atoms with Crippen LogP contribution in [0.15, 0.2) is 18.3 Å². The summed E-state index contributed by atoms with van der Waals surface area (Å²) < 4.78 is 5.40. The van der Waals surface area contributed by atoms with Crippen molar-refractivity contribution < 1.29 is 9.53 Å². The Balaban J connectivity index is 1.66. The second-order valence-electron chi connectivity index (χ2n) is 7.58. The number of piperidine rings is 1. The van der Waals surface area contributed by atoms with E-state index in [0.29, 0.717) is 17.7 Å². The molecule has 0 spiro atoms. The molecule has 1 amide bonds. The third-order valence-electron chi connectivity index (χ3n) is 4.67. The van der Waals surface area contributed by atoms with Gasteiger partial charge in [-0.2, -0.15) is 0 Å². The number of carbonyl (C=O) groups is 1. The molecular weight excluding hydrogens is 292 g/mol. The number of aromatic nitrogens is 1. The Kier molecular flexibility index (Phi) is 4.08. The number of anilines is 2. The Labute approximate surface area is 137 Å². The minimum Gasteiger partial charge on any atom is -0.444 e. The van der Waals surface area contributed by atoms with Gasteiger partial charge in [0.25, 0.3) is 0 Å². The third kappa shape index (κ3) is 3.51. The molecule has 0 radical (unpaired) electrons. The van der Waals surface area contributed by atoms with E-state index in [0.717, 1.165) is 31.6 Å². The fourth-order valence-corrected chi connectivity index (χ4v) is 3.78. The highest BCUT2D eigenvalue weighted by molar-refractivity contribution is 5.68. The average Bonchev–Trinajstić information content (AvgIpc) is 2.68. The summed E-state index contributed by atoms with van der Waals surface area (Å²) in [5, 5.41) is 3.09. The fraction of sp³-hybridized carbons (Fsp3) is 0.647. The number of nitrogens with two attached hydrogens (primary N) is 1. The number of fused-ring (bicyclic) bond motifs is 2. The second-order valence-corrected chi connectivity index (χ2v) is 7.58. The van der Waals surface area contributed by atoms with E-state index >= 15 is 0 Å². The number of amides is 1. The quantitative estimate of drug-likeness (QED) is 0.875. The van der Waals surface area contributed by atoms with Gasteiger partial charge in [0.15, 0.2) is 0 Å². The van der Waals surface area contributed by atoms with Crippen LogP contribution in [0.5, 0.6) is 0 Å². The van der Waals surface area contributed by atoms with Crippen LogP contribution in [0, 0.1) is 11.8 Å². The largest absolute Gasteiger partial charge is 0.444 e. The molecule has 0 aromatic carbocycles. The Bertz CT molecular complexity index is 570. The minimum absolute atomic E-state index is 0.194. The van der Waals surface area contributed by atoms with Gasteiger partial charge in [0, 0.05) is 25.3 Å². The van der Waals surface area contributed by atoms with Gasteiger partial charge in [-0.15, -0.1) is 0 Å². The summed E-state index contributed by atoms with van der Waals surface area (Å²) in [5.41, 5.74) is 6.54. The first-order chi connectivity index (χ1) is 10.8. The number of alkyl carbamates (subject to hydrolysis) is 1. The van der Waals surface area contributed by atoms with Crippen molar-refractivity contribution >= 4 is 17.6 Å². The first-order valence-corrected chi connectivity index (χ1v) is 8.28. The third-order valence-corrected chi connectivity index (χ3v) is 4.67. The van der Waals surface area contributed by atoms with Gasteiger partial charge in [-0.25, -0.2) is 9.78 Å². The predicted molar refractivity (Wildman–Crippen MR) is 90.2 cm³/mol. The molecule has 1 aromatic heterocycles. The number of hydrogen-bond acceptors (Lipinski definition) is 5. The molecule has 1 aliphatic heterocycles. The molecule has 3 N–H and O–H groups in total. The van der Waals surface area contributed by atoms with Gasteiger partial charge in [-0.1, -0.05) is 0 Å². The highest BCUT2D eigenvalue weighted by Crippen LogP contribution is 2.39. The van der Waals surface area contributed by atoms with Crippen molar-refractivity contribution in [3.05, 3.63) is 18.3 Å². The second kappa shape index (κ2) is 5.91. The summed E-state index contributed by atoms with van der Waals surface area (Å²) in [7, 11) is 0. The highest BCUT2D eigenvalue weighted by Gasteiger charge is 2.43. The number of ether oxygens (including phenoxy) is 1. The van der Waals surface area contributed by atoms with E-state index in [9.17, 15) is 4.79 Å². The van der Waals surface area contributed by atoms with Crippen molar-refractivity contribution in [2.75, 3.05) is 23.7 Å². The Morgan fingerprint density at radius 3 is 2.57 bits per heavy atom. The summed E-state index contributed by atoms with van der Waals surface area (Å²) in [6.45, 7) is 7.44. The van der Waals surface area contributed by atoms with Gasteiger partial charge in [0.1, 0.15) is 11.4 Å². The Morgan fingerprint density at radius 2 is 2.00 bits per heavy atom. The lowest BCUT2D eigenvalue weighted by Crippen LogP contribution is -2.53.